The number of aryl methyl sites for hydroxylation is 1. The number of nitrogens with one attached hydrogen (secondary N) is 1. The van der Waals surface area contributed by atoms with Crippen molar-refractivity contribution in [2.45, 2.75) is 18.7 Å². The van der Waals surface area contributed by atoms with E-state index in [1.54, 1.807) is 42.9 Å². The standard InChI is InChI=1S/C16H18N2O5S2/c1-12-4-10-16(11-5-12)24(19,20)25(21,22)18-17-13(2)14-6-8-15(23-3)9-7-14/h4-11,18H,1-3H3/b17-13+. The normalized spacial score (nSPS) is 12.7. The molecule has 0 aliphatic heterocycles. The van der Waals surface area contributed by atoms with Gasteiger partial charge in [-0.25, -0.2) is 8.42 Å². The highest BCUT2D eigenvalue weighted by Crippen LogP contribution is 2.17. The van der Waals surface area contributed by atoms with E-state index in [9.17, 15) is 16.8 Å². The maximum atomic E-state index is 12.3. The molecule has 0 spiro atoms. The Kier molecular flexibility index (Phi) is 5.48. The van der Waals surface area contributed by atoms with Crippen LogP contribution < -0.4 is 9.57 Å². The molecule has 0 unspecified atom stereocenters. The van der Waals surface area contributed by atoms with Crippen molar-refractivity contribution in [1.29, 1.82) is 0 Å². The number of methoxy groups -OCH3 is 1. The number of ether oxygens (including phenoxy) is 1. The van der Waals surface area contributed by atoms with Crippen LogP contribution in [0.15, 0.2) is 58.5 Å². The molecule has 0 radical (unpaired) electrons. The van der Waals surface area contributed by atoms with Crippen molar-refractivity contribution in [3.05, 3.63) is 59.7 Å². The third-order valence-electron chi connectivity index (χ3n) is 3.43. The lowest BCUT2D eigenvalue weighted by molar-refractivity contribution is 0.415. The zero-order valence-corrected chi connectivity index (χ0v) is 15.6. The summed E-state index contributed by atoms with van der Waals surface area (Å²) in [5, 5.41) is 3.69. The molecule has 134 valence electrons. The van der Waals surface area contributed by atoms with Crippen molar-refractivity contribution in [2.24, 2.45) is 5.10 Å². The quantitative estimate of drug-likeness (QED) is 0.468. The van der Waals surface area contributed by atoms with Gasteiger partial charge in [-0.05, 0) is 55.8 Å². The lowest BCUT2D eigenvalue weighted by Crippen LogP contribution is -2.28. The van der Waals surface area contributed by atoms with Gasteiger partial charge in [-0.3, -0.25) is 0 Å². The van der Waals surface area contributed by atoms with Crippen molar-refractivity contribution in [3.8, 4) is 5.75 Å². The van der Waals surface area contributed by atoms with Gasteiger partial charge < -0.3 is 4.74 Å². The molecule has 25 heavy (non-hydrogen) atoms. The van der Waals surface area contributed by atoms with Crippen molar-refractivity contribution in [1.82, 2.24) is 4.83 Å². The molecule has 0 aliphatic rings. The van der Waals surface area contributed by atoms with Gasteiger partial charge in [-0.1, -0.05) is 17.7 Å². The fourth-order valence-corrected chi connectivity index (χ4v) is 4.47. The third-order valence-corrected chi connectivity index (χ3v) is 7.71. The Morgan fingerprint density at radius 1 is 0.960 bits per heavy atom. The minimum atomic E-state index is -4.73. The molecule has 0 saturated carbocycles. The molecule has 2 rings (SSSR count). The first kappa shape index (κ1) is 18.9. The van der Waals surface area contributed by atoms with Crippen molar-refractivity contribution < 1.29 is 21.6 Å². The first-order chi connectivity index (χ1) is 11.7. The van der Waals surface area contributed by atoms with Crippen LogP contribution in [-0.2, 0) is 17.9 Å². The number of benzene rings is 2. The van der Waals surface area contributed by atoms with E-state index in [1.807, 2.05) is 0 Å². The van der Waals surface area contributed by atoms with E-state index in [2.05, 4.69) is 5.10 Å². The number of hydrogen-bond donors (Lipinski definition) is 1. The number of hydrogen-bond acceptors (Lipinski definition) is 6. The van der Waals surface area contributed by atoms with E-state index in [0.717, 1.165) is 5.56 Å². The summed E-state index contributed by atoms with van der Waals surface area (Å²) < 4.78 is 53.9. The second-order valence-electron chi connectivity index (χ2n) is 5.24. The molecule has 7 nitrogen and oxygen atoms in total. The summed E-state index contributed by atoms with van der Waals surface area (Å²) in [6, 6.07) is 12.3. The van der Waals surface area contributed by atoms with Crippen LogP contribution in [0.4, 0.5) is 0 Å². The van der Waals surface area contributed by atoms with Crippen LogP contribution in [0.3, 0.4) is 0 Å². The van der Waals surface area contributed by atoms with Crippen LogP contribution in [-0.4, -0.2) is 29.7 Å². The Morgan fingerprint density at radius 3 is 2.04 bits per heavy atom. The number of rotatable bonds is 6. The summed E-state index contributed by atoms with van der Waals surface area (Å²) in [5.74, 6) is 0.638. The van der Waals surface area contributed by atoms with Crippen LogP contribution in [0.25, 0.3) is 0 Å². The predicted octanol–water partition coefficient (Wildman–Crippen LogP) is 2.04. The Bertz CT molecular complexity index is 978. The third kappa shape index (κ3) is 4.18. The molecule has 2 aromatic rings. The maximum Gasteiger partial charge on any atom is 0.358 e. The summed E-state index contributed by atoms with van der Waals surface area (Å²) in [5.41, 5.74) is 1.75. The first-order valence-corrected chi connectivity index (χ1v) is 10.7. The van der Waals surface area contributed by atoms with Gasteiger partial charge in [0.05, 0.1) is 17.7 Å². The zero-order chi connectivity index (χ0) is 18.7. The monoisotopic (exact) mass is 382 g/mol. The zero-order valence-electron chi connectivity index (χ0n) is 13.9. The summed E-state index contributed by atoms with van der Waals surface area (Å²) in [6.45, 7) is 3.33. The molecule has 0 saturated heterocycles. The second-order valence-corrected chi connectivity index (χ2v) is 10.3. The van der Waals surface area contributed by atoms with E-state index < -0.39 is 17.9 Å². The van der Waals surface area contributed by atoms with Gasteiger partial charge in [0.1, 0.15) is 5.75 Å². The fraction of sp³-hybridized carbons (Fsp3) is 0.188. The molecule has 1 N–H and O–H groups in total. The van der Waals surface area contributed by atoms with Crippen LogP contribution in [0.5, 0.6) is 5.75 Å². The summed E-state index contributed by atoms with van der Waals surface area (Å²) >= 11 is 0. The Balaban J connectivity index is 2.26. The highest BCUT2D eigenvalue weighted by atomic mass is 33.2. The molecule has 9 heteroatoms. The predicted molar refractivity (Wildman–Crippen MR) is 95.6 cm³/mol. The van der Waals surface area contributed by atoms with E-state index >= 15 is 0 Å². The lowest BCUT2D eigenvalue weighted by Gasteiger charge is -2.07. The molecule has 0 fully saturated rings. The van der Waals surface area contributed by atoms with Gasteiger partial charge in [-0.2, -0.15) is 18.4 Å². The van der Waals surface area contributed by atoms with E-state index in [0.29, 0.717) is 17.0 Å². The molecule has 0 aliphatic carbocycles. The SMILES string of the molecule is COc1ccc(/C(C)=N/NS(=O)(=O)S(=O)(=O)c2ccc(C)cc2)cc1. The Hall–Kier alpha value is -2.39. The molecule has 0 heterocycles. The largest absolute Gasteiger partial charge is 0.497 e. The highest BCUT2D eigenvalue weighted by molar-refractivity contribution is 8.66. The molecule has 2 aromatic carbocycles. The fourth-order valence-electron chi connectivity index (χ4n) is 1.90. The topological polar surface area (TPSA) is 102 Å². The molecular formula is C16H18N2O5S2. The lowest BCUT2D eigenvalue weighted by atomic mass is 10.1. The van der Waals surface area contributed by atoms with E-state index in [-0.39, 0.29) is 4.90 Å². The van der Waals surface area contributed by atoms with Crippen LogP contribution in [0.1, 0.15) is 18.1 Å². The Morgan fingerprint density at radius 2 is 1.52 bits per heavy atom. The van der Waals surface area contributed by atoms with Crippen LogP contribution in [0, 0.1) is 6.92 Å². The minimum Gasteiger partial charge on any atom is -0.497 e. The minimum absolute atomic E-state index is 0.310. The molecule has 0 aromatic heterocycles. The molecular weight excluding hydrogens is 364 g/mol. The smallest absolute Gasteiger partial charge is 0.358 e. The average Bonchev–Trinajstić information content (AvgIpc) is 2.60. The van der Waals surface area contributed by atoms with Crippen molar-refractivity contribution in [2.75, 3.05) is 7.11 Å². The van der Waals surface area contributed by atoms with Crippen molar-refractivity contribution in [3.63, 3.8) is 0 Å². The summed E-state index contributed by atoms with van der Waals surface area (Å²) in [4.78, 5) is 1.46. The Labute approximate surface area is 146 Å². The molecule has 0 atom stereocenters. The van der Waals surface area contributed by atoms with E-state index in [4.69, 9.17) is 4.74 Å². The summed E-state index contributed by atoms with van der Waals surface area (Å²) in [6.07, 6.45) is 0. The van der Waals surface area contributed by atoms with E-state index in [1.165, 1.54) is 31.4 Å². The van der Waals surface area contributed by atoms with Gasteiger partial charge in [0.15, 0.2) is 0 Å². The molecule has 0 amide bonds. The van der Waals surface area contributed by atoms with Gasteiger partial charge in [0, 0.05) is 0 Å². The summed E-state index contributed by atoms with van der Waals surface area (Å²) in [7, 11) is -7.81. The first-order valence-electron chi connectivity index (χ1n) is 7.19. The average molecular weight is 382 g/mol. The molecule has 0 bridgehead atoms. The van der Waals surface area contributed by atoms with Gasteiger partial charge in [-0.15, -0.1) is 0 Å². The van der Waals surface area contributed by atoms with Crippen molar-refractivity contribution >= 4 is 23.6 Å². The van der Waals surface area contributed by atoms with Gasteiger partial charge >= 0.3 is 17.9 Å². The maximum absolute atomic E-state index is 12.3. The number of hydrazone groups is 1. The van der Waals surface area contributed by atoms with Gasteiger partial charge in [0.2, 0.25) is 0 Å². The van der Waals surface area contributed by atoms with Crippen LogP contribution in [0.2, 0.25) is 0 Å². The number of nitrogens with zero attached hydrogens (tertiary/aromatic N) is 1. The second kappa shape index (κ2) is 7.24. The highest BCUT2D eigenvalue weighted by Gasteiger charge is 2.31. The van der Waals surface area contributed by atoms with Crippen LogP contribution >= 0.6 is 0 Å². The van der Waals surface area contributed by atoms with Gasteiger partial charge in [0.25, 0.3) is 0 Å².